The normalized spacial score (nSPS) is 30.7. The molecule has 0 heterocycles. The van der Waals surface area contributed by atoms with Crippen molar-refractivity contribution in [2.24, 2.45) is 17.8 Å². The highest BCUT2D eigenvalue weighted by molar-refractivity contribution is 5.85. The van der Waals surface area contributed by atoms with Crippen molar-refractivity contribution in [3.05, 3.63) is 65.7 Å². The van der Waals surface area contributed by atoms with Crippen molar-refractivity contribution in [1.82, 2.24) is 5.32 Å². The lowest BCUT2D eigenvalue weighted by atomic mass is 9.53. The maximum Gasteiger partial charge on any atom is 0.124 e. The van der Waals surface area contributed by atoms with Crippen molar-refractivity contribution < 1.29 is 4.74 Å². The Labute approximate surface area is 169 Å². The third-order valence-electron chi connectivity index (χ3n) is 6.90. The molecule has 1 N–H and O–H groups in total. The Kier molecular flexibility index (Phi) is 5.48. The number of rotatable bonds is 6. The van der Waals surface area contributed by atoms with Gasteiger partial charge in [-0.3, -0.25) is 0 Å². The minimum atomic E-state index is 0. The maximum absolute atomic E-state index is 6.15. The highest BCUT2D eigenvalue weighted by atomic mass is 35.5. The number of halogens is 1. The van der Waals surface area contributed by atoms with Gasteiger partial charge >= 0.3 is 0 Å². The molecule has 0 saturated heterocycles. The maximum atomic E-state index is 6.15. The Balaban J connectivity index is 0.00000180. The summed E-state index contributed by atoms with van der Waals surface area (Å²) in [5.41, 5.74) is 2.91. The lowest BCUT2D eigenvalue weighted by Crippen LogP contribution is -2.58. The van der Waals surface area contributed by atoms with E-state index in [9.17, 15) is 0 Å². The van der Waals surface area contributed by atoms with Gasteiger partial charge in [-0.1, -0.05) is 48.5 Å². The summed E-state index contributed by atoms with van der Waals surface area (Å²) in [5, 5.41) is 4.00. The quantitative estimate of drug-likeness (QED) is 0.686. The molecule has 0 radical (unpaired) electrons. The minimum absolute atomic E-state index is 0. The van der Waals surface area contributed by atoms with Crippen molar-refractivity contribution >= 4 is 12.4 Å². The standard InChI is InChI=1S/C24H29NO.ClH/c1-2-6-18(7-3-1)17-26-23-9-5-4-8-22(23)16-25-24-13-19-10-20(14-24)12-21(11-19)15-24;/h1-9,19-21,25H,10-17H2;1H. The molecular weight excluding hydrogens is 354 g/mol. The molecule has 4 saturated carbocycles. The average Bonchev–Trinajstić information content (AvgIpc) is 2.65. The summed E-state index contributed by atoms with van der Waals surface area (Å²) in [6.07, 6.45) is 8.68. The third kappa shape index (κ3) is 4.02. The van der Waals surface area contributed by atoms with Crippen LogP contribution >= 0.6 is 12.4 Å². The molecule has 3 heteroatoms. The van der Waals surface area contributed by atoms with Gasteiger partial charge in [0.1, 0.15) is 12.4 Å². The Bertz CT molecular complexity index is 725. The van der Waals surface area contributed by atoms with Gasteiger partial charge in [0.05, 0.1) is 0 Å². The minimum Gasteiger partial charge on any atom is -0.489 e. The van der Waals surface area contributed by atoms with Gasteiger partial charge in [0.2, 0.25) is 0 Å². The zero-order chi connectivity index (χ0) is 17.4. The van der Waals surface area contributed by atoms with Crippen molar-refractivity contribution in [3.63, 3.8) is 0 Å². The molecule has 4 aliphatic carbocycles. The van der Waals surface area contributed by atoms with E-state index in [-0.39, 0.29) is 12.4 Å². The number of ether oxygens (including phenoxy) is 1. The molecule has 0 atom stereocenters. The Morgan fingerprint density at radius 1 is 0.815 bits per heavy atom. The van der Waals surface area contributed by atoms with Crippen LogP contribution in [-0.4, -0.2) is 5.54 Å². The predicted molar refractivity (Wildman–Crippen MR) is 112 cm³/mol. The van der Waals surface area contributed by atoms with Crippen LogP contribution in [-0.2, 0) is 13.2 Å². The zero-order valence-electron chi connectivity index (χ0n) is 15.9. The molecule has 4 bridgehead atoms. The SMILES string of the molecule is Cl.c1ccc(COc2ccccc2CNC23CC4CC(CC(C4)C2)C3)cc1. The van der Waals surface area contributed by atoms with Crippen LogP contribution in [0.2, 0.25) is 0 Å². The highest BCUT2D eigenvalue weighted by Gasteiger charge is 2.50. The molecule has 4 fully saturated rings. The van der Waals surface area contributed by atoms with Crippen LogP contribution in [0.1, 0.15) is 49.7 Å². The summed E-state index contributed by atoms with van der Waals surface area (Å²) >= 11 is 0. The molecule has 144 valence electrons. The molecule has 4 aliphatic rings. The van der Waals surface area contributed by atoms with Crippen LogP contribution in [0.5, 0.6) is 5.75 Å². The monoisotopic (exact) mass is 383 g/mol. The lowest BCUT2D eigenvalue weighted by molar-refractivity contribution is -0.0206. The molecular formula is C24H30ClNO. The first kappa shape index (κ1) is 18.8. The van der Waals surface area contributed by atoms with E-state index in [1.165, 1.54) is 49.7 Å². The number of hydrogen-bond donors (Lipinski definition) is 1. The van der Waals surface area contributed by atoms with E-state index in [2.05, 4.69) is 53.8 Å². The van der Waals surface area contributed by atoms with Crippen molar-refractivity contribution in [2.45, 2.75) is 57.2 Å². The molecule has 0 unspecified atom stereocenters. The van der Waals surface area contributed by atoms with E-state index < -0.39 is 0 Å². The highest BCUT2D eigenvalue weighted by Crippen LogP contribution is 2.55. The Morgan fingerprint density at radius 3 is 2.07 bits per heavy atom. The van der Waals surface area contributed by atoms with Gasteiger partial charge in [0.15, 0.2) is 0 Å². The van der Waals surface area contributed by atoms with Crippen LogP contribution in [0.3, 0.4) is 0 Å². The van der Waals surface area contributed by atoms with Crippen molar-refractivity contribution in [3.8, 4) is 5.75 Å². The number of hydrogen-bond acceptors (Lipinski definition) is 2. The molecule has 0 aliphatic heterocycles. The first-order chi connectivity index (χ1) is 12.8. The fourth-order valence-electron chi connectivity index (χ4n) is 6.14. The van der Waals surface area contributed by atoms with Gasteiger partial charge in [-0.25, -0.2) is 0 Å². The summed E-state index contributed by atoms with van der Waals surface area (Å²) in [4.78, 5) is 0. The summed E-state index contributed by atoms with van der Waals surface area (Å²) in [7, 11) is 0. The topological polar surface area (TPSA) is 21.3 Å². The van der Waals surface area contributed by atoms with Crippen molar-refractivity contribution in [2.75, 3.05) is 0 Å². The predicted octanol–water partition coefficient (Wildman–Crippen LogP) is 5.75. The van der Waals surface area contributed by atoms with Gasteiger partial charge in [-0.15, -0.1) is 12.4 Å². The first-order valence-corrected chi connectivity index (χ1v) is 10.3. The van der Waals surface area contributed by atoms with E-state index in [0.717, 1.165) is 30.0 Å². The van der Waals surface area contributed by atoms with E-state index in [1.54, 1.807) is 0 Å². The molecule has 0 spiro atoms. The summed E-state index contributed by atoms with van der Waals surface area (Å²) in [6.45, 7) is 1.56. The van der Waals surface area contributed by atoms with E-state index >= 15 is 0 Å². The number of para-hydroxylation sites is 1. The zero-order valence-corrected chi connectivity index (χ0v) is 16.7. The largest absolute Gasteiger partial charge is 0.489 e. The van der Waals surface area contributed by atoms with Gasteiger partial charge in [0, 0.05) is 17.6 Å². The van der Waals surface area contributed by atoms with Crippen LogP contribution in [0, 0.1) is 17.8 Å². The second-order valence-electron chi connectivity index (χ2n) is 8.93. The summed E-state index contributed by atoms with van der Waals surface area (Å²) < 4.78 is 6.15. The molecule has 6 rings (SSSR count). The second-order valence-corrected chi connectivity index (χ2v) is 8.93. The van der Waals surface area contributed by atoms with Crippen LogP contribution in [0.4, 0.5) is 0 Å². The van der Waals surface area contributed by atoms with Crippen LogP contribution in [0.15, 0.2) is 54.6 Å². The summed E-state index contributed by atoms with van der Waals surface area (Å²) in [5.74, 6) is 3.98. The summed E-state index contributed by atoms with van der Waals surface area (Å²) in [6, 6.07) is 19.0. The van der Waals surface area contributed by atoms with E-state index in [0.29, 0.717) is 12.1 Å². The fraction of sp³-hybridized carbons (Fsp3) is 0.500. The molecule has 2 nitrogen and oxygen atoms in total. The first-order valence-electron chi connectivity index (χ1n) is 10.3. The van der Waals surface area contributed by atoms with Crippen LogP contribution < -0.4 is 10.1 Å². The van der Waals surface area contributed by atoms with Gasteiger partial charge in [-0.2, -0.15) is 0 Å². The molecule has 27 heavy (non-hydrogen) atoms. The van der Waals surface area contributed by atoms with Crippen LogP contribution in [0.25, 0.3) is 0 Å². The fourth-order valence-corrected chi connectivity index (χ4v) is 6.14. The number of nitrogens with one attached hydrogen (secondary N) is 1. The molecule has 2 aromatic carbocycles. The second kappa shape index (κ2) is 7.85. The molecule has 0 aromatic heterocycles. The van der Waals surface area contributed by atoms with Crippen molar-refractivity contribution in [1.29, 1.82) is 0 Å². The van der Waals surface area contributed by atoms with Gasteiger partial charge < -0.3 is 10.1 Å². The van der Waals surface area contributed by atoms with Gasteiger partial charge in [-0.05, 0) is 67.9 Å². The Hall–Kier alpha value is -1.51. The Morgan fingerprint density at radius 2 is 1.41 bits per heavy atom. The molecule has 0 amide bonds. The van der Waals surface area contributed by atoms with E-state index in [4.69, 9.17) is 4.74 Å². The average molecular weight is 384 g/mol. The van der Waals surface area contributed by atoms with E-state index in [1.807, 2.05) is 6.07 Å². The lowest BCUT2D eigenvalue weighted by Gasteiger charge is -2.57. The molecule has 2 aromatic rings. The smallest absolute Gasteiger partial charge is 0.124 e. The third-order valence-corrected chi connectivity index (χ3v) is 6.90. The van der Waals surface area contributed by atoms with Gasteiger partial charge in [0.25, 0.3) is 0 Å². The number of benzene rings is 2.